The molecule has 0 aliphatic rings. The molecule has 1 rings (SSSR count). The van der Waals surface area contributed by atoms with Gasteiger partial charge in [0.05, 0.1) is 11.1 Å². The SMILES string of the molecule is O=C(O)c1cccc(C(=O)O)c1.[N-]=[N+]=N.[N-]=[N+]=[N-]. The fourth-order valence-electron chi connectivity index (χ4n) is 0.785. The van der Waals surface area contributed by atoms with Crippen molar-refractivity contribution >= 4 is 11.9 Å². The van der Waals surface area contributed by atoms with Gasteiger partial charge in [-0.3, -0.25) is 4.91 Å². The van der Waals surface area contributed by atoms with Gasteiger partial charge < -0.3 is 21.3 Å². The smallest absolute Gasteiger partial charge is 0.335 e. The van der Waals surface area contributed by atoms with E-state index in [0.717, 1.165) is 6.07 Å². The third kappa shape index (κ3) is 8.12. The van der Waals surface area contributed by atoms with E-state index in [1.165, 1.54) is 23.1 Å². The van der Waals surface area contributed by atoms with Crippen LogP contribution in [0.5, 0.6) is 0 Å². The van der Waals surface area contributed by atoms with Crippen molar-refractivity contribution in [2.45, 2.75) is 0 Å². The highest BCUT2D eigenvalue weighted by atomic mass is 16.4. The number of carbonyl (C=O) groups is 2. The van der Waals surface area contributed by atoms with Gasteiger partial charge in [0, 0.05) is 0 Å². The molecule has 0 atom stereocenters. The van der Waals surface area contributed by atoms with Crippen LogP contribution in [-0.4, -0.2) is 22.2 Å². The molecule has 0 aromatic heterocycles. The molecule has 0 amide bonds. The third-order valence-electron chi connectivity index (χ3n) is 1.36. The molecule has 0 bridgehead atoms. The summed E-state index contributed by atoms with van der Waals surface area (Å²) in [5, 5.41) is 17.0. The van der Waals surface area contributed by atoms with Crippen molar-refractivity contribution in [2.24, 2.45) is 0 Å². The number of nitrogens with one attached hydrogen (secondary N) is 1. The number of nitrogens with zero attached hydrogens (tertiary/aromatic N) is 5. The van der Waals surface area contributed by atoms with Gasteiger partial charge in [-0.15, -0.1) is 5.53 Å². The summed E-state index contributed by atoms with van der Waals surface area (Å²) in [4.78, 5) is 24.0. The molecule has 10 heteroatoms. The van der Waals surface area contributed by atoms with Crippen LogP contribution >= 0.6 is 0 Å². The Bertz CT molecular complexity index is 447. The minimum atomic E-state index is -1.13. The third-order valence-corrected chi connectivity index (χ3v) is 1.36. The maximum Gasteiger partial charge on any atom is 0.335 e. The minimum Gasteiger partial charge on any atom is -0.478 e. The molecule has 3 N–H and O–H groups in total. The molecule has 0 saturated carbocycles. The topological polar surface area (TPSA) is 194 Å². The van der Waals surface area contributed by atoms with Gasteiger partial charge in [-0.1, -0.05) is 6.07 Å². The molecule has 94 valence electrons. The van der Waals surface area contributed by atoms with Crippen molar-refractivity contribution in [2.75, 3.05) is 0 Å². The average molecular weight is 251 g/mol. The second kappa shape index (κ2) is 10.3. The van der Waals surface area contributed by atoms with Gasteiger partial charge in [0.15, 0.2) is 0 Å². The molecule has 18 heavy (non-hydrogen) atoms. The van der Waals surface area contributed by atoms with Crippen LogP contribution in [0, 0.1) is 5.53 Å². The Labute approximate surface area is 99.9 Å². The van der Waals surface area contributed by atoms with Crippen molar-refractivity contribution in [3.8, 4) is 0 Å². The lowest BCUT2D eigenvalue weighted by atomic mass is 10.1. The average Bonchev–Trinajstić information content (AvgIpc) is 2.31. The minimum absolute atomic E-state index is 0.0186. The van der Waals surface area contributed by atoms with E-state index < -0.39 is 11.9 Å². The van der Waals surface area contributed by atoms with E-state index in [0.29, 0.717) is 0 Å². The Morgan fingerprint density at radius 1 is 1.06 bits per heavy atom. The highest BCUT2D eigenvalue weighted by molar-refractivity contribution is 5.93. The zero-order chi connectivity index (χ0) is 14.6. The summed E-state index contributed by atoms with van der Waals surface area (Å²) < 4.78 is 0. The van der Waals surface area contributed by atoms with E-state index in [2.05, 4.69) is 0 Å². The lowest BCUT2D eigenvalue weighted by molar-refractivity contribution is 0.0696. The summed E-state index contributed by atoms with van der Waals surface area (Å²) in [5.41, 5.74) is 25.7. The largest absolute Gasteiger partial charge is 0.478 e. The first kappa shape index (κ1) is 17.2. The van der Waals surface area contributed by atoms with Crippen LogP contribution in [0.15, 0.2) is 24.3 Å². The second-order valence-electron chi connectivity index (χ2n) is 2.38. The van der Waals surface area contributed by atoms with Crippen LogP contribution in [0.2, 0.25) is 0 Å². The summed E-state index contributed by atoms with van der Waals surface area (Å²) in [5.74, 6) is -2.25. The molecule has 0 unspecified atom stereocenters. The Morgan fingerprint density at radius 2 is 1.33 bits per heavy atom. The van der Waals surface area contributed by atoms with E-state index in [9.17, 15) is 9.59 Å². The fourth-order valence-corrected chi connectivity index (χ4v) is 0.785. The molecular formula is C8H7N6O4-. The van der Waals surface area contributed by atoms with Gasteiger partial charge in [0.1, 0.15) is 0 Å². The monoisotopic (exact) mass is 251 g/mol. The lowest BCUT2D eigenvalue weighted by Crippen LogP contribution is -2.01. The van der Waals surface area contributed by atoms with Gasteiger partial charge in [0.2, 0.25) is 0 Å². The molecular weight excluding hydrogens is 244 g/mol. The molecule has 0 aliphatic heterocycles. The van der Waals surface area contributed by atoms with Gasteiger partial charge in [-0.25, -0.2) is 9.59 Å². The number of benzene rings is 1. The van der Waals surface area contributed by atoms with E-state index in [-0.39, 0.29) is 11.1 Å². The van der Waals surface area contributed by atoms with Gasteiger partial charge in [0.25, 0.3) is 0 Å². The molecule has 0 radical (unpaired) electrons. The highest BCUT2D eigenvalue weighted by Crippen LogP contribution is 2.04. The Morgan fingerprint density at radius 3 is 1.56 bits per heavy atom. The lowest BCUT2D eigenvalue weighted by Gasteiger charge is -1.95. The molecule has 0 spiro atoms. The van der Waals surface area contributed by atoms with Crippen molar-refractivity contribution in [3.63, 3.8) is 0 Å². The first-order valence-electron chi connectivity index (χ1n) is 4.00. The number of aromatic carboxylic acids is 2. The van der Waals surface area contributed by atoms with E-state index in [4.69, 9.17) is 32.3 Å². The quantitative estimate of drug-likeness (QED) is 0.413. The first-order chi connectivity index (χ1) is 8.44. The predicted octanol–water partition coefficient (Wildman–Crippen LogP) is 2.82. The first-order valence-corrected chi connectivity index (χ1v) is 4.00. The van der Waals surface area contributed by atoms with Crippen molar-refractivity contribution in [3.05, 3.63) is 61.8 Å². The van der Waals surface area contributed by atoms with Crippen LogP contribution in [0.3, 0.4) is 0 Å². The number of rotatable bonds is 2. The van der Waals surface area contributed by atoms with E-state index >= 15 is 0 Å². The summed E-state index contributed by atoms with van der Waals surface area (Å²) in [6, 6.07) is 5.20. The van der Waals surface area contributed by atoms with E-state index in [1.54, 1.807) is 4.91 Å². The summed E-state index contributed by atoms with van der Waals surface area (Å²) in [6.07, 6.45) is 0. The Kier molecular flexibility index (Phi) is 9.84. The van der Waals surface area contributed by atoms with Crippen LogP contribution in [0.1, 0.15) is 20.7 Å². The standard InChI is InChI=1S/C8H6O4.HN3.N3/c9-7(10)5-2-1-3-6(4-5)8(11)12;2*1-3-2/h1-4H,(H,9,10)(H,11,12);1H;/q;;-1. The van der Waals surface area contributed by atoms with Gasteiger partial charge >= 0.3 is 11.9 Å². The fraction of sp³-hybridized carbons (Fsp3) is 0. The Hall–Kier alpha value is -3.22. The summed E-state index contributed by atoms with van der Waals surface area (Å²) in [7, 11) is 0. The molecule has 0 heterocycles. The predicted molar refractivity (Wildman–Crippen MR) is 59.9 cm³/mol. The van der Waals surface area contributed by atoms with Crippen LogP contribution in [0.4, 0.5) is 0 Å². The second-order valence-corrected chi connectivity index (χ2v) is 2.38. The van der Waals surface area contributed by atoms with Crippen LogP contribution < -0.4 is 0 Å². The highest BCUT2D eigenvalue weighted by Gasteiger charge is 2.06. The van der Waals surface area contributed by atoms with Gasteiger partial charge in [-0.05, 0) is 28.6 Å². The maximum atomic E-state index is 10.4. The molecule has 0 saturated heterocycles. The summed E-state index contributed by atoms with van der Waals surface area (Å²) in [6.45, 7) is 0. The van der Waals surface area contributed by atoms with Crippen molar-refractivity contribution < 1.29 is 19.8 Å². The summed E-state index contributed by atoms with van der Waals surface area (Å²) >= 11 is 0. The normalized spacial score (nSPS) is 7.11. The zero-order valence-electron chi connectivity index (χ0n) is 8.76. The number of hydrogen-bond acceptors (Lipinski definition) is 3. The number of hydrogen-bond donors (Lipinski definition) is 3. The van der Waals surface area contributed by atoms with Crippen LogP contribution in [0.25, 0.3) is 26.4 Å². The van der Waals surface area contributed by atoms with E-state index in [1.807, 2.05) is 0 Å². The maximum absolute atomic E-state index is 10.4. The van der Waals surface area contributed by atoms with Crippen LogP contribution in [-0.2, 0) is 0 Å². The molecule has 10 nitrogen and oxygen atoms in total. The van der Waals surface area contributed by atoms with Crippen molar-refractivity contribution in [1.82, 2.24) is 0 Å². The zero-order valence-corrected chi connectivity index (χ0v) is 8.76. The molecule has 0 fully saturated rings. The number of carboxylic acids is 2. The number of carboxylic acid groups (broad SMARTS) is 2. The van der Waals surface area contributed by atoms with Crippen molar-refractivity contribution in [1.29, 1.82) is 5.53 Å². The molecule has 1 aromatic rings. The Balaban J connectivity index is 0. The molecule has 0 aliphatic carbocycles. The molecule has 1 aromatic carbocycles. The van der Waals surface area contributed by atoms with Gasteiger partial charge in [-0.2, -0.15) is 0 Å².